The number of benzene rings is 1. The van der Waals surface area contributed by atoms with Gasteiger partial charge in [0.1, 0.15) is 11.9 Å². The summed E-state index contributed by atoms with van der Waals surface area (Å²) in [7, 11) is 0. The monoisotopic (exact) mass is 308 g/mol. The van der Waals surface area contributed by atoms with E-state index in [-0.39, 0.29) is 29.0 Å². The molecule has 0 radical (unpaired) electrons. The van der Waals surface area contributed by atoms with Gasteiger partial charge in [-0.25, -0.2) is 4.39 Å². The fraction of sp³-hybridized carbons (Fsp3) is 0.467. The van der Waals surface area contributed by atoms with Crippen molar-refractivity contribution in [2.45, 2.75) is 37.2 Å². The highest BCUT2D eigenvalue weighted by atomic mass is 32.2. The van der Waals surface area contributed by atoms with Crippen molar-refractivity contribution in [3.05, 3.63) is 35.6 Å². The Morgan fingerprint density at radius 1 is 1.52 bits per heavy atom. The summed E-state index contributed by atoms with van der Waals surface area (Å²) in [5.74, 6) is 0.102. The molecule has 0 saturated carbocycles. The molecule has 2 saturated heterocycles. The van der Waals surface area contributed by atoms with Crippen molar-refractivity contribution >= 4 is 23.6 Å². The Kier molecular flexibility index (Phi) is 3.65. The fourth-order valence-electron chi connectivity index (χ4n) is 2.96. The van der Waals surface area contributed by atoms with E-state index >= 15 is 0 Å². The molecule has 0 aromatic heterocycles. The third kappa shape index (κ3) is 2.52. The van der Waals surface area contributed by atoms with Gasteiger partial charge < -0.3 is 10.2 Å². The zero-order valence-electron chi connectivity index (χ0n) is 11.8. The number of carbonyl (C=O) groups excluding carboxylic acids is 2. The van der Waals surface area contributed by atoms with E-state index in [2.05, 4.69) is 5.32 Å². The molecule has 2 fully saturated rings. The van der Waals surface area contributed by atoms with E-state index < -0.39 is 6.04 Å². The lowest BCUT2D eigenvalue weighted by molar-refractivity contribution is -0.138. The number of hydrogen-bond acceptors (Lipinski definition) is 3. The topological polar surface area (TPSA) is 49.4 Å². The first kappa shape index (κ1) is 14.4. The van der Waals surface area contributed by atoms with Crippen molar-refractivity contribution in [1.29, 1.82) is 0 Å². The van der Waals surface area contributed by atoms with Crippen LogP contribution in [0, 0.1) is 5.82 Å². The number of fused-ring (bicyclic) bond motifs is 1. The van der Waals surface area contributed by atoms with Crippen molar-refractivity contribution in [3.8, 4) is 0 Å². The van der Waals surface area contributed by atoms with Crippen molar-refractivity contribution < 1.29 is 14.0 Å². The highest BCUT2D eigenvalue weighted by molar-refractivity contribution is 8.01. The highest BCUT2D eigenvalue weighted by Crippen LogP contribution is 2.47. The highest BCUT2D eigenvalue weighted by Gasteiger charge is 2.52. The van der Waals surface area contributed by atoms with Crippen LogP contribution in [0.15, 0.2) is 24.3 Å². The largest absolute Gasteiger partial charge is 0.350 e. The summed E-state index contributed by atoms with van der Waals surface area (Å²) >= 11 is 1.65. The number of carbonyl (C=O) groups is 2. The Hall–Kier alpha value is -1.56. The summed E-state index contributed by atoms with van der Waals surface area (Å²) in [6.45, 7) is 2.15. The Morgan fingerprint density at radius 3 is 3.05 bits per heavy atom. The van der Waals surface area contributed by atoms with Crippen LogP contribution in [0.3, 0.4) is 0 Å². The molecular weight excluding hydrogens is 291 g/mol. The van der Waals surface area contributed by atoms with Crippen LogP contribution in [0.2, 0.25) is 0 Å². The van der Waals surface area contributed by atoms with Crippen LogP contribution < -0.4 is 5.32 Å². The molecule has 2 amide bonds. The Labute approximate surface area is 127 Å². The minimum Gasteiger partial charge on any atom is -0.350 e. The first-order valence-corrected chi connectivity index (χ1v) is 7.97. The van der Waals surface area contributed by atoms with E-state index in [1.165, 1.54) is 6.07 Å². The Bertz CT molecular complexity index is 595. The quantitative estimate of drug-likeness (QED) is 0.928. The zero-order chi connectivity index (χ0) is 15.0. The van der Waals surface area contributed by atoms with Gasteiger partial charge in [-0.05, 0) is 19.4 Å². The molecule has 21 heavy (non-hydrogen) atoms. The first-order valence-electron chi connectivity index (χ1n) is 6.98. The molecule has 1 aromatic rings. The van der Waals surface area contributed by atoms with Gasteiger partial charge >= 0.3 is 0 Å². The molecule has 1 N–H and O–H groups in total. The van der Waals surface area contributed by atoms with Gasteiger partial charge in [0.05, 0.1) is 4.87 Å². The van der Waals surface area contributed by atoms with Crippen molar-refractivity contribution in [1.82, 2.24) is 10.2 Å². The predicted molar refractivity (Wildman–Crippen MR) is 79.0 cm³/mol. The van der Waals surface area contributed by atoms with E-state index in [1.54, 1.807) is 34.9 Å². The van der Waals surface area contributed by atoms with E-state index in [1.807, 2.05) is 6.92 Å². The standard InChI is InChI=1S/C15H17FN2O2S/c1-15-7-6-13(19)18(15)12(9-21-15)14(20)17-8-10-4-2-3-5-11(10)16/h2-5,12H,6-9H2,1H3,(H,17,20)/t12-,15+/m0/s1. The Balaban J connectivity index is 1.67. The van der Waals surface area contributed by atoms with Gasteiger partial charge in [-0.2, -0.15) is 0 Å². The van der Waals surface area contributed by atoms with Crippen molar-refractivity contribution in [2.24, 2.45) is 0 Å². The number of thioether (sulfide) groups is 1. The number of nitrogens with one attached hydrogen (secondary N) is 1. The van der Waals surface area contributed by atoms with Gasteiger partial charge in [-0.3, -0.25) is 9.59 Å². The number of rotatable bonds is 3. The maximum Gasteiger partial charge on any atom is 0.243 e. The maximum atomic E-state index is 13.5. The molecule has 4 nitrogen and oxygen atoms in total. The van der Waals surface area contributed by atoms with Crippen LogP contribution in [0.25, 0.3) is 0 Å². The fourth-order valence-corrected chi connectivity index (χ4v) is 4.39. The van der Waals surface area contributed by atoms with Gasteiger partial charge in [0.15, 0.2) is 0 Å². The van der Waals surface area contributed by atoms with Crippen molar-refractivity contribution in [2.75, 3.05) is 5.75 Å². The minimum absolute atomic E-state index is 0.0357. The molecule has 3 rings (SSSR count). The molecular formula is C15H17FN2O2S. The molecule has 0 unspecified atom stereocenters. The lowest BCUT2D eigenvalue weighted by Crippen LogP contribution is -2.49. The van der Waals surface area contributed by atoms with Crippen LogP contribution in [0.5, 0.6) is 0 Å². The normalized spacial score (nSPS) is 27.8. The summed E-state index contributed by atoms with van der Waals surface area (Å²) in [6, 6.07) is 5.92. The smallest absolute Gasteiger partial charge is 0.243 e. The number of amides is 2. The lowest BCUT2D eigenvalue weighted by Gasteiger charge is -2.29. The number of nitrogens with zero attached hydrogens (tertiary/aromatic N) is 1. The molecule has 2 aliphatic rings. The third-order valence-electron chi connectivity index (χ3n) is 4.16. The molecule has 1 aromatic carbocycles. The predicted octanol–water partition coefficient (Wildman–Crippen LogP) is 1.90. The van der Waals surface area contributed by atoms with Crippen LogP contribution >= 0.6 is 11.8 Å². The summed E-state index contributed by atoms with van der Waals surface area (Å²) in [5, 5.41) is 2.75. The zero-order valence-corrected chi connectivity index (χ0v) is 12.6. The van der Waals surface area contributed by atoms with E-state index in [0.29, 0.717) is 17.7 Å². The van der Waals surface area contributed by atoms with E-state index in [4.69, 9.17) is 0 Å². The molecule has 2 heterocycles. The van der Waals surface area contributed by atoms with Gasteiger partial charge in [-0.1, -0.05) is 18.2 Å². The van der Waals surface area contributed by atoms with Crippen LogP contribution in [-0.4, -0.2) is 33.4 Å². The van der Waals surface area contributed by atoms with E-state index in [0.717, 1.165) is 6.42 Å². The third-order valence-corrected chi connectivity index (χ3v) is 5.66. The van der Waals surface area contributed by atoms with Crippen LogP contribution in [-0.2, 0) is 16.1 Å². The van der Waals surface area contributed by atoms with Gasteiger partial charge in [0, 0.05) is 24.3 Å². The Morgan fingerprint density at radius 2 is 2.29 bits per heavy atom. The van der Waals surface area contributed by atoms with Gasteiger partial charge in [0.25, 0.3) is 0 Å². The molecule has 0 spiro atoms. The second kappa shape index (κ2) is 5.33. The number of hydrogen-bond donors (Lipinski definition) is 1. The summed E-state index contributed by atoms with van der Waals surface area (Å²) in [4.78, 5) is 25.7. The first-order chi connectivity index (χ1) is 10.0. The van der Waals surface area contributed by atoms with Gasteiger partial charge in [-0.15, -0.1) is 11.8 Å². The second-order valence-electron chi connectivity index (χ2n) is 5.57. The molecule has 0 aliphatic carbocycles. The second-order valence-corrected chi connectivity index (χ2v) is 7.08. The number of halogens is 1. The molecule has 2 aliphatic heterocycles. The van der Waals surface area contributed by atoms with Gasteiger partial charge in [0.2, 0.25) is 11.8 Å². The average Bonchev–Trinajstić information content (AvgIpc) is 2.95. The average molecular weight is 308 g/mol. The SMILES string of the molecule is C[C@@]12CCC(=O)N1[C@H](C(=O)NCc1ccccc1F)CS2. The maximum absolute atomic E-state index is 13.5. The summed E-state index contributed by atoms with van der Waals surface area (Å²) in [5.41, 5.74) is 0.451. The molecule has 0 bridgehead atoms. The van der Waals surface area contributed by atoms with Crippen LogP contribution in [0.1, 0.15) is 25.3 Å². The summed E-state index contributed by atoms with van der Waals surface area (Å²) < 4.78 is 13.5. The molecule has 2 atom stereocenters. The van der Waals surface area contributed by atoms with Crippen LogP contribution in [0.4, 0.5) is 4.39 Å². The lowest BCUT2D eigenvalue weighted by atomic mass is 10.2. The molecule has 112 valence electrons. The van der Waals surface area contributed by atoms with Crippen molar-refractivity contribution in [3.63, 3.8) is 0 Å². The molecule has 6 heteroatoms. The van der Waals surface area contributed by atoms with E-state index in [9.17, 15) is 14.0 Å². The minimum atomic E-state index is -0.443. The summed E-state index contributed by atoms with van der Waals surface area (Å²) in [6.07, 6.45) is 1.29.